The normalized spacial score (nSPS) is 19.4. The fourth-order valence-electron chi connectivity index (χ4n) is 3.87. The van der Waals surface area contributed by atoms with Crippen LogP contribution in [0.1, 0.15) is 11.6 Å². The number of anilines is 2. The molecule has 0 aromatic heterocycles. The van der Waals surface area contributed by atoms with Gasteiger partial charge in [0.15, 0.2) is 0 Å². The Morgan fingerprint density at radius 1 is 1.00 bits per heavy atom. The molecule has 1 saturated heterocycles. The number of para-hydroxylation sites is 1. The van der Waals surface area contributed by atoms with Gasteiger partial charge in [-0.15, -0.1) is 0 Å². The number of carbonyl (C=O) groups excluding carboxylic acids is 2. The molecule has 7 nitrogen and oxygen atoms in total. The van der Waals surface area contributed by atoms with Gasteiger partial charge in [-0.3, -0.25) is 9.59 Å². The summed E-state index contributed by atoms with van der Waals surface area (Å²) >= 11 is 0. The fourth-order valence-corrected chi connectivity index (χ4v) is 3.87. The van der Waals surface area contributed by atoms with Crippen LogP contribution in [0, 0.1) is 5.82 Å². The van der Waals surface area contributed by atoms with E-state index in [-0.39, 0.29) is 11.7 Å². The minimum absolute atomic E-state index is 0.00820. The summed E-state index contributed by atoms with van der Waals surface area (Å²) in [6.07, 6.45) is 0. The largest absolute Gasteiger partial charge is 0.378 e. The van der Waals surface area contributed by atoms with E-state index in [9.17, 15) is 14.0 Å². The van der Waals surface area contributed by atoms with Gasteiger partial charge in [-0.2, -0.15) is 0 Å². The predicted octanol–water partition coefficient (Wildman–Crippen LogP) is -0.899. The van der Waals surface area contributed by atoms with Gasteiger partial charge in [-0.05, 0) is 24.3 Å². The van der Waals surface area contributed by atoms with Gasteiger partial charge in [-0.25, -0.2) is 4.39 Å². The number of hydrogen-bond donors (Lipinski definition) is 4. The molecule has 166 valence electrons. The third-order valence-electron chi connectivity index (χ3n) is 5.85. The van der Waals surface area contributed by atoms with Gasteiger partial charge in [0.1, 0.15) is 38.0 Å². The summed E-state index contributed by atoms with van der Waals surface area (Å²) in [5.41, 5.74) is 2.22. The van der Waals surface area contributed by atoms with E-state index in [1.54, 1.807) is 6.07 Å². The maximum Gasteiger partial charge on any atom is 0.313 e. The topological polar surface area (TPSA) is 70.3 Å². The smallest absolute Gasteiger partial charge is 0.313 e. The van der Waals surface area contributed by atoms with Gasteiger partial charge in [0.2, 0.25) is 0 Å². The number of hydrogen-bond acceptors (Lipinski definition) is 3. The van der Waals surface area contributed by atoms with Crippen LogP contribution in [0.4, 0.5) is 15.8 Å². The number of carbonyl (C=O) groups is 2. The molecule has 3 rings (SSSR count). The zero-order valence-corrected chi connectivity index (χ0v) is 18.4. The molecule has 1 atom stereocenters. The van der Waals surface area contributed by atoms with E-state index in [4.69, 9.17) is 0 Å². The lowest BCUT2D eigenvalue weighted by atomic mass is 10.0. The van der Waals surface area contributed by atoms with Crippen molar-refractivity contribution < 1.29 is 23.8 Å². The molecule has 4 N–H and O–H groups in total. The highest BCUT2D eigenvalue weighted by Crippen LogP contribution is 2.16. The second kappa shape index (κ2) is 10.4. The van der Waals surface area contributed by atoms with Gasteiger partial charge in [0, 0.05) is 25.3 Å². The number of quaternary nitrogens is 2. The van der Waals surface area contributed by atoms with E-state index in [1.807, 2.05) is 19.0 Å². The number of rotatable bonds is 6. The van der Waals surface area contributed by atoms with E-state index < -0.39 is 17.6 Å². The summed E-state index contributed by atoms with van der Waals surface area (Å²) < 4.78 is 13.8. The van der Waals surface area contributed by atoms with Crippen molar-refractivity contribution in [3.63, 3.8) is 0 Å². The van der Waals surface area contributed by atoms with Crippen molar-refractivity contribution in [2.45, 2.75) is 6.04 Å². The number of benzene rings is 2. The maximum atomic E-state index is 13.8. The quantitative estimate of drug-likeness (QED) is 0.450. The van der Waals surface area contributed by atoms with Crippen LogP contribution in [0.15, 0.2) is 48.5 Å². The van der Waals surface area contributed by atoms with Crippen LogP contribution in [-0.4, -0.2) is 65.7 Å². The van der Waals surface area contributed by atoms with Gasteiger partial charge in [0.25, 0.3) is 0 Å². The molecule has 0 unspecified atom stereocenters. The molecule has 2 amide bonds. The molecule has 0 radical (unpaired) electrons. The van der Waals surface area contributed by atoms with E-state index in [0.717, 1.165) is 37.4 Å². The Morgan fingerprint density at radius 3 is 2.26 bits per heavy atom. The Hall–Kier alpha value is -2.97. The fraction of sp³-hybridized carbons (Fsp3) is 0.391. The van der Waals surface area contributed by atoms with Crippen LogP contribution >= 0.6 is 0 Å². The van der Waals surface area contributed by atoms with Crippen molar-refractivity contribution in [2.24, 2.45) is 0 Å². The summed E-state index contributed by atoms with van der Waals surface area (Å²) in [6, 6.07) is 14.1. The summed E-state index contributed by atoms with van der Waals surface area (Å²) in [7, 11) is 6.18. The number of nitrogens with zero attached hydrogens (tertiary/aromatic N) is 1. The number of nitrogens with one attached hydrogen (secondary N) is 4. The first-order valence-corrected chi connectivity index (χ1v) is 10.6. The van der Waals surface area contributed by atoms with Crippen molar-refractivity contribution in [2.75, 3.05) is 64.1 Å². The van der Waals surface area contributed by atoms with Crippen LogP contribution in [-0.2, 0) is 9.59 Å². The van der Waals surface area contributed by atoms with Crippen LogP contribution in [0.25, 0.3) is 0 Å². The van der Waals surface area contributed by atoms with Crippen LogP contribution < -0.4 is 25.3 Å². The molecule has 31 heavy (non-hydrogen) atoms. The summed E-state index contributed by atoms with van der Waals surface area (Å²) in [5, 5.41) is 5.09. The third kappa shape index (κ3) is 6.02. The summed E-state index contributed by atoms with van der Waals surface area (Å²) in [6.45, 7) is 4.43. The first-order chi connectivity index (χ1) is 14.8. The van der Waals surface area contributed by atoms with E-state index >= 15 is 0 Å². The van der Waals surface area contributed by atoms with E-state index in [1.165, 1.54) is 28.0 Å². The molecule has 2 aromatic carbocycles. The average molecular weight is 430 g/mol. The average Bonchev–Trinajstić information content (AvgIpc) is 2.76. The van der Waals surface area contributed by atoms with Gasteiger partial charge < -0.3 is 25.3 Å². The Kier molecular flexibility index (Phi) is 7.59. The first-order valence-electron chi connectivity index (χ1n) is 10.6. The Labute approximate surface area is 182 Å². The van der Waals surface area contributed by atoms with Crippen LogP contribution in [0.5, 0.6) is 0 Å². The molecule has 0 bridgehead atoms. The molecule has 2 aromatic rings. The highest BCUT2D eigenvalue weighted by Gasteiger charge is 2.30. The molecule has 1 aliphatic heterocycles. The number of amides is 2. The van der Waals surface area contributed by atoms with Crippen molar-refractivity contribution in [1.82, 2.24) is 5.32 Å². The highest BCUT2D eigenvalue weighted by atomic mass is 19.1. The minimum atomic E-state index is -0.871. The summed E-state index contributed by atoms with van der Waals surface area (Å²) in [4.78, 5) is 29.6. The van der Waals surface area contributed by atoms with E-state index in [2.05, 4.69) is 41.9 Å². The van der Waals surface area contributed by atoms with Crippen LogP contribution in [0.2, 0.25) is 0 Å². The van der Waals surface area contributed by atoms with Gasteiger partial charge >= 0.3 is 11.8 Å². The SMILES string of the molecule is CN(C)c1ccc([C@@H](CNC(=O)C(=O)Nc2ccccc2F)[NH+]2CC[NH+](C)CC2)cc1. The molecule has 0 aliphatic carbocycles. The molecule has 1 fully saturated rings. The Balaban J connectivity index is 1.68. The molecule has 0 spiro atoms. The Bertz CT molecular complexity index is 895. The van der Waals surface area contributed by atoms with Gasteiger partial charge in [-0.1, -0.05) is 24.3 Å². The first kappa shape index (κ1) is 22.7. The predicted molar refractivity (Wildman–Crippen MR) is 119 cm³/mol. The molecule has 1 aliphatic rings. The van der Waals surface area contributed by atoms with Crippen molar-refractivity contribution in [1.29, 1.82) is 0 Å². The monoisotopic (exact) mass is 429 g/mol. The zero-order valence-electron chi connectivity index (χ0n) is 18.4. The standard InChI is InChI=1S/C23H30FN5O2/c1-27(2)18-10-8-17(9-11-18)21(29-14-12-28(3)13-15-29)16-25-22(30)23(31)26-20-7-5-4-6-19(20)24/h4-11,21H,12-16H2,1-3H3,(H,25,30)(H,26,31)/p+2/t21-/m1/s1. The molecular weight excluding hydrogens is 397 g/mol. The lowest BCUT2D eigenvalue weighted by Crippen LogP contribution is -3.27. The lowest BCUT2D eigenvalue weighted by molar-refractivity contribution is -1.02. The Morgan fingerprint density at radius 2 is 1.65 bits per heavy atom. The minimum Gasteiger partial charge on any atom is -0.378 e. The number of piperazine rings is 1. The highest BCUT2D eigenvalue weighted by molar-refractivity contribution is 6.39. The van der Waals surface area contributed by atoms with Crippen LogP contribution in [0.3, 0.4) is 0 Å². The van der Waals surface area contributed by atoms with Crippen molar-refractivity contribution in [3.8, 4) is 0 Å². The van der Waals surface area contributed by atoms with Gasteiger partial charge in [0.05, 0.1) is 19.3 Å². The van der Waals surface area contributed by atoms with Crippen molar-refractivity contribution in [3.05, 3.63) is 59.9 Å². The summed E-state index contributed by atoms with van der Waals surface area (Å²) in [5.74, 6) is -2.21. The molecule has 8 heteroatoms. The maximum absolute atomic E-state index is 13.8. The zero-order chi connectivity index (χ0) is 22.4. The number of likely N-dealkylation sites (N-methyl/N-ethyl adjacent to an activating group) is 1. The molecule has 1 heterocycles. The second-order valence-electron chi connectivity index (χ2n) is 8.30. The second-order valence-corrected chi connectivity index (χ2v) is 8.30. The van der Waals surface area contributed by atoms with Crippen molar-refractivity contribution >= 4 is 23.2 Å². The molecule has 0 saturated carbocycles. The third-order valence-corrected chi connectivity index (χ3v) is 5.85. The van der Waals surface area contributed by atoms with E-state index in [0.29, 0.717) is 6.54 Å². The lowest BCUT2D eigenvalue weighted by Gasteiger charge is -2.33. The number of halogens is 1. The molecular formula is C23H32FN5O2+2.